The zero-order valence-electron chi connectivity index (χ0n) is 46.3. The van der Waals surface area contributed by atoms with Crippen LogP contribution in [-0.4, -0.2) is 84.0 Å². The van der Waals surface area contributed by atoms with E-state index >= 15 is 0 Å². The number of nitrogens with two attached hydrogens (primary N) is 1. The first-order valence-corrected chi connectivity index (χ1v) is 29.0. The van der Waals surface area contributed by atoms with Crippen molar-refractivity contribution >= 4 is 70.5 Å². The van der Waals surface area contributed by atoms with Crippen molar-refractivity contribution in [3.63, 3.8) is 0 Å². The van der Waals surface area contributed by atoms with Gasteiger partial charge in [0.2, 0.25) is 29.5 Å². The van der Waals surface area contributed by atoms with Crippen LogP contribution in [0.2, 0.25) is 10.0 Å². The molecular weight excluding hydrogens is 1080 g/mol. The van der Waals surface area contributed by atoms with E-state index < -0.39 is 71.1 Å². The van der Waals surface area contributed by atoms with E-state index in [1.807, 2.05) is 38.1 Å². The Bertz CT molecular complexity index is 2930. The molecule has 4 aromatic rings. The van der Waals surface area contributed by atoms with Gasteiger partial charge in [0.25, 0.3) is 5.79 Å². The van der Waals surface area contributed by atoms with Crippen molar-refractivity contribution in [1.82, 2.24) is 21.3 Å². The van der Waals surface area contributed by atoms with Gasteiger partial charge in [-0.2, -0.15) is 4.89 Å². The summed E-state index contributed by atoms with van der Waals surface area (Å²) in [7, 11) is 1.60. The molecule has 4 saturated carbocycles. The Morgan fingerprint density at radius 1 is 0.741 bits per heavy atom. The average Bonchev–Trinajstić information content (AvgIpc) is 2.77. The van der Waals surface area contributed by atoms with Crippen LogP contribution in [0.25, 0.3) is 6.08 Å². The lowest BCUT2D eigenvalue weighted by Gasteiger charge is -2.68. The molecule has 81 heavy (non-hydrogen) atoms. The fraction of sp³-hybridized carbons (Fsp3) is 0.484. The minimum Gasteiger partial charge on any atom is -0.487 e. The van der Waals surface area contributed by atoms with Crippen molar-refractivity contribution in [2.24, 2.45) is 41.2 Å². The summed E-state index contributed by atoms with van der Waals surface area (Å²) in [5, 5.41) is 24.8. The van der Waals surface area contributed by atoms with E-state index in [4.69, 9.17) is 48.2 Å². The second-order valence-corrected chi connectivity index (χ2v) is 23.9. The van der Waals surface area contributed by atoms with Crippen molar-refractivity contribution in [1.29, 1.82) is 0 Å². The number of hydrogen-bond donors (Lipinski definition) is 7. The van der Waals surface area contributed by atoms with Gasteiger partial charge in [0.1, 0.15) is 36.5 Å². The summed E-state index contributed by atoms with van der Waals surface area (Å²) in [4.78, 5) is 93.8. The number of amides is 5. The van der Waals surface area contributed by atoms with Crippen LogP contribution in [0.3, 0.4) is 0 Å². The third kappa shape index (κ3) is 13.1. The van der Waals surface area contributed by atoms with Crippen LogP contribution >= 0.6 is 23.2 Å². The summed E-state index contributed by atoms with van der Waals surface area (Å²) in [6.45, 7) is 5.57. The van der Waals surface area contributed by atoms with E-state index in [0.29, 0.717) is 77.0 Å². The molecule has 1 spiro atoms. The van der Waals surface area contributed by atoms with Gasteiger partial charge >= 0.3 is 5.97 Å². The Labute approximate surface area is 483 Å². The van der Waals surface area contributed by atoms with Crippen LogP contribution in [0.1, 0.15) is 112 Å². The van der Waals surface area contributed by atoms with Gasteiger partial charge in [-0.1, -0.05) is 97.7 Å². The molecule has 5 aliphatic carbocycles. The molecule has 432 valence electrons. The third-order valence-corrected chi connectivity index (χ3v) is 17.7. The predicted octanol–water partition coefficient (Wildman–Crippen LogP) is 8.36. The number of rotatable bonds is 25. The summed E-state index contributed by atoms with van der Waals surface area (Å²) < 4.78 is 12.7. The Hall–Kier alpha value is -6.34. The molecule has 5 amide bonds. The maximum Gasteiger partial charge on any atom is 0.328 e. The first-order chi connectivity index (χ1) is 38.9. The highest BCUT2D eigenvalue weighted by molar-refractivity contribution is 6.33. The van der Waals surface area contributed by atoms with Gasteiger partial charge in [0.15, 0.2) is 5.60 Å². The second kappa shape index (κ2) is 25.8. The molecule has 5 atom stereocenters. The van der Waals surface area contributed by atoms with E-state index in [2.05, 4.69) is 26.6 Å². The van der Waals surface area contributed by atoms with Gasteiger partial charge in [-0.3, -0.25) is 24.0 Å². The number of benzene rings is 4. The van der Waals surface area contributed by atoms with Crippen LogP contribution in [0.15, 0.2) is 91.0 Å². The second-order valence-electron chi connectivity index (χ2n) is 23.1. The van der Waals surface area contributed by atoms with Crippen LogP contribution in [-0.2, 0) is 74.9 Å². The Kier molecular flexibility index (Phi) is 18.9. The number of aliphatic carboxylic acids is 1. The number of carbonyl (C=O) groups excluding carboxylic acids is 5. The van der Waals surface area contributed by atoms with Crippen molar-refractivity contribution in [2.45, 2.75) is 140 Å². The Morgan fingerprint density at radius 3 is 1.94 bits per heavy atom. The lowest BCUT2D eigenvalue weighted by molar-refractivity contribution is -0.645. The minimum atomic E-state index is -1.30. The molecule has 1 aliphatic heterocycles. The fourth-order valence-electron chi connectivity index (χ4n) is 13.4. The number of nitrogens with one attached hydrogen (secondary N) is 5. The first-order valence-electron chi connectivity index (χ1n) is 28.3. The molecule has 6 aliphatic rings. The smallest absolute Gasteiger partial charge is 0.328 e. The number of carboxylic acid groups (broad SMARTS) is 1. The molecule has 10 rings (SSSR count). The summed E-state index contributed by atoms with van der Waals surface area (Å²) >= 11 is 13.5. The number of ether oxygens (including phenoxy) is 2. The number of anilines is 1. The Morgan fingerprint density at radius 2 is 1.36 bits per heavy atom. The standard InChI is InChI=1S/C62H74Cl2N6O11/c1-35(2)25-51(69-57(74)50(11-7-8-24-65)68-59(76)52(31-37-12-18-47(63)19-13-37)70-60(77)55(66-36(3)71)44-32-42-9-5-6-10-43(42)33-44)58(75)67-48-20-14-38(15-21-48)34-79-56-41(17-23-53(72)73)16-22-49(54(56)64)62(78-4)61(80-81-62)45-27-39-26-40(29-45)30-46(61)28-39/h5-6,9-10,12-23,35,39-40,44-46,50-52,55H,7-8,11,24-34,65H2,1-4H3,(H,66,71)(H,67,75)(H,68,76)(H,69,74)(H,70,77)(H,72,73)/b23-17+/t39?,40?,45?,46?,50-,51-,52-,55-,61?,62?/m0/s1. The summed E-state index contributed by atoms with van der Waals surface area (Å²) in [5.41, 5.74) is 10.1. The molecule has 1 saturated heterocycles. The van der Waals surface area contributed by atoms with E-state index in [9.17, 15) is 33.9 Å². The number of unbranched alkanes of at least 4 members (excludes halogenated alkanes) is 1. The highest BCUT2D eigenvalue weighted by Gasteiger charge is 2.77. The van der Waals surface area contributed by atoms with Gasteiger partial charge in [0, 0.05) is 48.4 Å². The molecule has 17 nitrogen and oxygen atoms in total. The number of methoxy groups -OCH3 is 1. The van der Waals surface area contributed by atoms with Crippen molar-refractivity contribution in [2.75, 3.05) is 19.0 Å². The van der Waals surface area contributed by atoms with Crippen LogP contribution in [0.5, 0.6) is 5.75 Å². The van der Waals surface area contributed by atoms with Crippen LogP contribution in [0, 0.1) is 35.5 Å². The lowest BCUT2D eigenvalue weighted by Crippen LogP contribution is -2.76. The molecule has 0 radical (unpaired) electrons. The molecule has 4 aromatic carbocycles. The topological polar surface area (TPSA) is 246 Å². The molecule has 4 bridgehead atoms. The SMILES string of the molecule is COC1(c2ccc(/C=C/C(=O)O)c(OCc3ccc(NC(=O)[C@H](CC(C)C)NC(=O)[C@H](CCCCN)NC(=O)[C@H](Cc4ccc(Cl)cc4)NC(=O)[C@@H](NC(C)=O)C4Cc5ccccc5C4)cc3)c2Cl)OOC12C1CC3CC(C1)CC2C3. The maximum absolute atomic E-state index is 14.5. The third-order valence-electron chi connectivity index (χ3n) is 17.0. The number of halogens is 2. The minimum absolute atomic E-state index is 0.0150. The number of carboxylic acids is 1. The summed E-state index contributed by atoms with van der Waals surface area (Å²) in [5.74, 6) is -3.36. The average molecular weight is 1150 g/mol. The monoisotopic (exact) mass is 1150 g/mol. The quantitative estimate of drug-likeness (QED) is 0.0188. The fourth-order valence-corrected chi connectivity index (χ4v) is 13.9. The largest absolute Gasteiger partial charge is 0.487 e. The van der Waals surface area contributed by atoms with Gasteiger partial charge in [0.05, 0.1) is 5.02 Å². The first kappa shape index (κ1) is 59.3. The van der Waals surface area contributed by atoms with Crippen molar-refractivity contribution in [3.8, 4) is 5.75 Å². The summed E-state index contributed by atoms with van der Waals surface area (Å²) in [6.07, 6.45) is 10.5. The molecule has 5 fully saturated rings. The highest BCUT2D eigenvalue weighted by Crippen LogP contribution is 2.70. The lowest BCUT2D eigenvalue weighted by atomic mass is 9.47. The zero-order valence-corrected chi connectivity index (χ0v) is 47.8. The highest BCUT2D eigenvalue weighted by atomic mass is 35.5. The van der Waals surface area contributed by atoms with Gasteiger partial charge in [-0.25, -0.2) is 9.68 Å². The maximum atomic E-state index is 14.5. The molecular formula is C62H74Cl2N6O11. The van der Waals surface area contributed by atoms with Crippen molar-refractivity contribution in [3.05, 3.63) is 134 Å². The number of fused-ring (bicyclic) bond motifs is 1. The Balaban J connectivity index is 0.881. The number of carbonyl (C=O) groups is 6. The molecule has 1 heterocycles. The van der Waals surface area contributed by atoms with Crippen molar-refractivity contribution < 1.29 is 53.1 Å². The summed E-state index contributed by atoms with van der Waals surface area (Å²) in [6, 6.07) is 21.0. The van der Waals surface area contributed by atoms with E-state index in [1.54, 1.807) is 67.8 Å². The van der Waals surface area contributed by atoms with Gasteiger partial charge in [-0.05, 0) is 165 Å². The van der Waals surface area contributed by atoms with Gasteiger partial charge < -0.3 is 46.9 Å². The molecule has 0 aromatic heterocycles. The van der Waals surface area contributed by atoms with Gasteiger partial charge in [-0.15, -0.1) is 0 Å². The predicted molar refractivity (Wildman–Crippen MR) is 306 cm³/mol. The molecule has 8 N–H and O–H groups in total. The van der Waals surface area contributed by atoms with Crippen LogP contribution < -0.4 is 37.1 Å². The normalized spacial score (nSPS) is 24.0. The van der Waals surface area contributed by atoms with Crippen LogP contribution in [0.4, 0.5) is 5.69 Å². The molecule has 1 unspecified atom stereocenters. The zero-order chi connectivity index (χ0) is 57.6. The number of hydrogen-bond acceptors (Lipinski definition) is 11. The molecule has 19 heteroatoms. The van der Waals surface area contributed by atoms with E-state index in [-0.39, 0.29) is 60.3 Å². The van der Waals surface area contributed by atoms with E-state index in [0.717, 1.165) is 42.9 Å². The van der Waals surface area contributed by atoms with E-state index in [1.165, 1.54) is 19.4 Å².